The summed E-state index contributed by atoms with van der Waals surface area (Å²) in [6.45, 7) is 1.46. The van der Waals surface area contributed by atoms with E-state index in [1.54, 1.807) is 20.3 Å². The van der Waals surface area contributed by atoms with E-state index in [9.17, 15) is 0 Å². The van der Waals surface area contributed by atoms with Gasteiger partial charge in [0.05, 0.1) is 18.5 Å². The first-order valence-electron chi connectivity index (χ1n) is 4.87. The highest BCUT2D eigenvalue weighted by molar-refractivity contribution is 9.09. The maximum atomic E-state index is 5.05. The molecule has 0 amide bonds. The van der Waals surface area contributed by atoms with Crippen molar-refractivity contribution in [2.75, 3.05) is 39.3 Å². The third-order valence-corrected chi connectivity index (χ3v) is 2.60. The van der Waals surface area contributed by atoms with Gasteiger partial charge in [0.1, 0.15) is 12.1 Å². The number of hydrogen-bond acceptors (Lipinski definition) is 5. The smallest absolute Gasteiger partial charge is 0.218 e. The first kappa shape index (κ1) is 13.2. The van der Waals surface area contributed by atoms with Crippen LogP contribution in [0.25, 0.3) is 0 Å². The molecule has 90 valence electrons. The van der Waals surface area contributed by atoms with Crippen LogP contribution in [0.1, 0.15) is 0 Å². The molecular weight excluding hydrogens is 274 g/mol. The zero-order valence-electron chi connectivity index (χ0n) is 9.68. The van der Waals surface area contributed by atoms with Crippen LogP contribution in [0, 0.1) is 0 Å². The van der Waals surface area contributed by atoms with Gasteiger partial charge in [0, 0.05) is 26.8 Å². The summed E-state index contributed by atoms with van der Waals surface area (Å²) in [6.07, 6.45) is 1.49. The van der Waals surface area contributed by atoms with Crippen LogP contribution in [0.15, 0.2) is 12.4 Å². The minimum atomic E-state index is 0.267. The summed E-state index contributed by atoms with van der Waals surface area (Å²) >= 11 is 3.53. The van der Waals surface area contributed by atoms with Gasteiger partial charge in [-0.05, 0) is 0 Å². The fourth-order valence-electron chi connectivity index (χ4n) is 1.27. The van der Waals surface area contributed by atoms with Gasteiger partial charge in [-0.3, -0.25) is 0 Å². The fourth-order valence-corrected chi connectivity index (χ4v) is 1.97. The first-order chi connectivity index (χ1) is 7.67. The van der Waals surface area contributed by atoms with Crippen LogP contribution in [0.5, 0.6) is 5.88 Å². The molecule has 0 aliphatic rings. The van der Waals surface area contributed by atoms with Crippen LogP contribution < -0.4 is 9.64 Å². The highest BCUT2D eigenvalue weighted by atomic mass is 79.9. The van der Waals surface area contributed by atoms with Crippen LogP contribution in [0.3, 0.4) is 0 Å². The van der Waals surface area contributed by atoms with E-state index in [1.807, 2.05) is 11.9 Å². The van der Waals surface area contributed by atoms with E-state index in [0.29, 0.717) is 12.5 Å². The summed E-state index contributed by atoms with van der Waals surface area (Å²) in [5, 5.41) is 0. The third kappa shape index (κ3) is 3.94. The van der Waals surface area contributed by atoms with Crippen molar-refractivity contribution in [2.45, 2.75) is 4.83 Å². The van der Waals surface area contributed by atoms with E-state index in [0.717, 1.165) is 12.4 Å². The quantitative estimate of drug-likeness (QED) is 0.740. The number of rotatable bonds is 6. The summed E-state index contributed by atoms with van der Waals surface area (Å²) in [7, 11) is 5.23. The Hall–Kier alpha value is -0.880. The number of nitrogens with zero attached hydrogens (tertiary/aromatic N) is 3. The van der Waals surface area contributed by atoms with Crippen LogP contribution >= 0.6 is 15.9 Å². The SMILES string of the molecule is COCC(Br)CN(C)c1cc(OC)ncn1. The number of anilines is 1. The second-order valence-electron chi connectivity index (χ2n) is 3.35. The molecule has 0 fully saturated rings. The Labute approximate surface area is 104 Å². The molecule has 0 aromatic carbocycles. The Bertz CT molecular complexity index is 325. The molecule has 0 bridgehead atoms. The molecule has 0 aliphatic carbocycles. The van der Waals surface area contributed by atoms with Gasteiger partial charge in [-0.2, -0.15) is 0 Å². The monoisotopic (exact) mass is 289 g/mol. The number of halogens is 1. The topological polar surface area (TPSA) is 47.5 Å². The number of ether oxygens (including phenoxy) is 2. The second kappa shape index (κ2) is 6.65. The van der Waals surface area contributed by atoms with Gasteiger partial charge < -0.3 is 14.4 Å². The predicted octanol–water partition coefficient (Wildman–Crippen LogP) is 1.33. The zero-order valence-corrected chi connectivity index (χ0v) is 11.3. The molecule has 1 unspecified atom stereocenters. The molecule has 0 saturated carbocycles. The fraction of sp³-hybridized carbons (Fsp3) is 0.600. The van der Waals surface area contributed by atoms with Crippen molar-refractivity contribution in [2.24, 2.45) is 0 Å². The molecule has 0 aliphatic heterocycles. The van der Waals surface area contributed by atoms with Crippen LogP contribution in [0.4, 0.5) is 5.82 Å². The van der Waals surface area contributed by atoms with E-state index in [1.165, 1.54) is 6.33 Å². The van der Waals surface area contributed by atoms with E-state index in [4.69, 9.17) is 9.47 Å². The molecule has 6 heteroatoms. The maximum absolute atomic E-state index is 5.05. The standard InChI is InChI=1S/C10H16BrN3O2/c1-14(5-8(11)6-15-2)9-4-10(16-3)13-7-12-9/h4,7-8H,5-6H2,1-3H3. The molecule has 1 aromatic heterocycles. The molecule has 0 spiro atoms. The lowest BCUT2D eigenvalue weighted by Gasteiger charge is -2.21. The summed E-state index contributed by atoms with van der Waals surface area (Å²) in [5.41, 5.74) is 0. The van der Waals surface area contributed by atoms with Crippen molar-refractivity contribution in [3.63, 3.8) is 0 Å². The van der Waals surface area contributed by atoms with Crippen molar-refractivity contribution in [1.82, 2.24) is 9.97 Å². The van der Waals surface area contributed by atoms with Gasteiger partial charge in [0.15, 0.2) is 0 Å². The van der Waals surface area contributed by atoms with Gasteiger partial charge in [-0.25, -0.2) is 9.97 Å². The van der Waals surface area contributed by atoms with Crippen LogP contribution in [-0.4, -0.2) is 49.2 Å². The number of aromatic nitrogens is 2. The third-order valence-electron chi connectivity index (χ3n) is 2.05. The number of methoxy groups -OCH3 is 2. The second-order valence-corrected chi connectivity index (χ2v) is 4.65. The molecule has 0 N–H and O–H groups in total. The van der Waals surface area contributed by atoms with Gasteiger partial charge in [0.25, 0.3) is 0 Å². The van der Waals surface area contributed by atoms with Gasteiger partial charge >= 0.3 is 0 Å². The van der Waals surface area contributed by atoms with E-state index >= 15 is 0 Å². The first-order valence-corrected chi connectivity index (χ1v) is 5.79. The van der Waals surface area contributed by atoms with E-state index < -0.39 is 0 Å². The number of hydrogen-bond donors (Lipinski definition) is 0. The average Bonchev–Trinajstić information content (AvgIpc) is 2.29. The summed E-state index contributed by atoms with van der Waals surface area (Å²) in [6, 6.07) is 1.80. The molecule has 1 aromatic rings. The summed E-state index contributed by atoms with van der Waals surface area (Å²) in [5.74, 6) is 1.39. The minimum absolute atomic E-state index is 0.267. The highest BCUT2D eigenvalue weighted by Gasteiger charge is 2.10. The van der Waals surface area contributed by atoms with E-state index in [-0.39, 0.29) is 4.83 Å². The average molecular weight is 290 g/mol. The lowest BCUT2D eigenvalue weighted by molar-refractivity contribution is 0.201. The molecular formula is C10H16BrN3O2. The van der Waals surface area contributed by atoms with Crippen LogP contribution in [-0.2, 0) is 4.74 Å². The maximum Gasteiger partial charge on any atom is 0.218 e. The predicted molar refractivity (Wildman–Crippen MR) is 66.4 cm³/mol. The normalized spacial score (nSPS) is 12.2. The van der Waals surface area contributed by atoms with Crippen molar-refractivity contribution < 1.29 is 9.47 Å². The summed E-state index contributed by atoms with van der Waals surface area (Å²) < 4.78 is 10.1. The molecule has 1 atom stereocenters. The minimum Gasteiger partial charge on any atom is -0.481 e. The molecule has 16 heavy (non-hydrogen) atoms. The van der Waals surface area contributed by atoms with Gasteiger partial charge in [-0.1, -0.05) is 15.9 Å². The van der Waals surface area contributed by atoms with Crippen molar-refractivity contribution in [3.05, 3.63) is 12.4 Å². The largest absolute Gasteiger partial charge is 0.481 e. The molecule has 0 saturated heterocycles. The zero-order chi connectivity index (χ0) is 12.0. The Morgan fingerprint density at radius 1 is 1.44 bits per heavy atom. The highest BCUT2D eigenvalue weighted by Crippen LogP contribution is 2.15. The Morgan fingerprint density at radius 2 is 2.19 bits per heavy atom. The number of alkyl halides is 1. The Balaban J connectivity index is 2.61. The molecule has 1 heterocycles. The lowest BCUT2D eigenvalue weighted by atomic mass is 10.4. The van der Waals surface area contributed by atoms with Gasteiger partial charge in [0.2, 0.25) is 5.88 Å². The lowest BCUT2D eigenvalue weighted by Crippen LogP contribution is -2.28. The molecule has 5 nitrogen and oxygen atoms in total. The van der Waals surface area contributed by atoms with E-state index in [2.05, 4.69) is 25.9 Å². The van der Waals surface area contributed by atoms with Gasteiger partial charge in [-0.15, -0.1) is 0 Å². The Morgan fingerprint density at radius 3 is 2.81 bits per heavy atom. The summed E-state index contributed by atoms with van der Waals surface area (Å²) in [4.78, 5) is 10.4. The Kier molecular flexibility index (Phi) is 5.48. The molecule has 1 rings (SSSR count). The van der Waals surface area contributed by atoms with Crippen LogP contribution in [0.2, 0.25) is 0 Å². The van der Waals surface area contributed by atoms with Crippen molar-refractivity contribution >= 4 is 21.7 Å². The van der Waals surface area contributed by atoms with Crippen molar-refractivity contribution in [3.8, 4) is 5.88 Å². The molecule has 0 radical (unpaired) electrons. The van der Waals surface area contributed by atoms with Crippen molar-refractivity contribution in [1.29, 1.82) is 0 Å².